The molecule has 0 unspecified atom stereocenters. The number of allylic oxidation sites excluding steroid dienone is 1. The van der Waals surface area contributed by atoms with Crippen LogP contribution in [0.25, 0.3) is 0 Å². The van der Waals surface area contributed by atoms with Crippen LogP contribution in [0, 0.1) is 12.3 Å². The van der Waals surface area contributed by atoms with Crippen molar-refractivity contribution in [3.63, 3.8) is 0 Å². The average molecular weight is 137 g/mol. The van der Waals surface area contributed by atoms with Crippen molar-refractivity contribution in [2.45, 2.75) is 26.3 Å². The van der Waals surface area contributed by atoms with E-state index in [9.17, 15) is 0 Å². The Bertz CT molecular complexity index is 166. The zero-order valence-electron chi connectivity index (χ0n) is 7.23. The van der Waals surface area contributed by atoms with E-state index in [4.69, 9.17) is 6.42 Å². The van der Waals surface area contributed by atoms with E-state index in [1.165, 1.54) is 0 Å². The van der Waals surface area contributed by atoms with Gasteiger partial charge in [0.2, 0.25) is 0 Å². The molecule has 0 rings (SSSR count). The number of nitrogens with zero attached hydrogens (tertiary/aromatic N) is 1. The molecule has 0 aromatic heterocycles. The quantitative estimate of drug-likeness (QED) is 0.499. The van der Waals surface area contributed by atoms with Gasteiger partial charge in [0.1, 0.15) is 0 Å². The van der Waals surface area contributed by atoms with Crippen molar-refractivity contribution >= 4 is 0 Å². The normalized spacial score (nSPS) is 10.3. The molecule has 0 N–H and O–H groups in total. The third kappa shape index (κ3) is 2.14. The van der Waals surface area contributed by atoms with Gasteiger partial charge in [0.25, 0.3) is 0 Å². The minimum absolute atomic E-state index is 0.0729. The molecule has 0 spiro atoms. The SMILES string of the molecule is C#CC(=C)N(C)C(C)(C)C. The zero-order valence-corrected chi connectivity index (χ0v) is 7.23. The third-order valence-corrected chi connectivity index (χ3v) is 1.58. The summed E-state index contributed by atoms with van der Waals surface area (Å²) >= 11 is 0. The van der Waals surface area contributed by atoms with Crippen LogP contribution in [-0.4, -0.2) is 17.5 Å². The number of terminal acetylenes is 1. The van der Waals surface area contributed by atoms with Gasteiger partial charge in [-0.05, 0) is 20.8 Å². The number of hydrogen-bond donors (Lipinski definition) is 0. The molecule has 56 valence electrons. The highest BCUT2D eigenvalue weighted by atomic mass is 15.2. The highest BCUT2D eigenvalue weighted by molar-refractivity contribution is 5.21. The summed E-state index contributed by atoms with van der Waals surface area (Å²) in [6.45, 7) is 10.0. The molecule has 0 aromatic carbocycles. The van der Waals surface area contributed by atoms with Gasteiger partial charge in [-0.3, -0.25) is 0 Å². The van der Waals surface area contributed by atoms with Crippen LogP contribution in [0.15, 0.2) is 12.3 Å². The Morgan fingerprint density at radius 2 is 1.90 bits per heavy atom. The van der Waals surface area contributed by atoms with E-state index in [1.54, 1.807) is 0 Å². The van der Waals surface area contributed by atoms with Gasteiger partial charge in [0.15, 0.2) is 0 Å². The van der Waals surface area contributed by atoms with Crippen molar-refractivity contribution in [3.8, 4) is 12.3 Å². The second kappa shape index (κ2) is 2.79. The van der Waals surface area contributed by atoms with E-state index >= 15 is 0 Å². The van der Waals surface area contributed by atoms with Gasteiger partial charge in [-0.1, -0.05) is 12.5 Å². The molecule has 10 heavy (non-hydrogen) atoms. The second-order valence-corrected chi connectivity index (χ2v) is 3.32. The molecule has 1 nitrogen and oxygen atoms in total. The van der Waals surface area contributed by atoms with Crippen LogP contribution in [0.3, 0.4) is 0 Å². The highest BCUT2D eigenvalue weighted by Gasteiger charge is 2.16. The summed E-state index contributed by atoms with van der Waals surface area (Å²) in [4.78, 5) is 1.98. The van der Waals surface area contributed by atoms with Crippen molar-refractivity contribution < 1.29 is 0 Å². The maximum atomic E-state index is 5.18. The molecule has 0 bridgehead atoms. The van der Waals surface area contributed by atoms with Gasteiger partial charge < -0.3 is 4.90 Å². The lowest BCUT2D eigenvalue weighted by molar-refractivity contribution is 0.238. The second-order valence-electron chi connectivity index (χ2n) is 3.32. The maximum absolute atomic E-state index is 5.18. The van der Waals surface area contributed by atoms with Gasteiger partial charge in [-0.2, -0.15) is 0 Å². The zero-order chi connectivity index (χ0) is 8.36. The lowest BCUT2D eigenvalue weighted by Crippen LogP contribution is -2.36. The summed E-state index contributed by atoms with van der Waals surface area (Å²) < 4.78 is 0. The van der Waals surface area contributed by atoms with Crippen LogP contribution in [0.1, 0.15) is 20.8 Å². The molecule has 0 saturated carbocycles. The van der Waals surface area contributed by atoms with E-state index in [2.05, 4.69) is 33.3 Å². The van der Waals surface area contributed by atoms with Gasteiger partial charge in [-0.25, -0.2) is 0 Å². The molecule has 0 aliphatic heterocycles. The minimum atomic E-state index is 0.0729. The molecule has 0 radical (unpaired) electrons. The topological polar surface area (TPSA) is 3.24 Å². The molecule has 0 heterocycles. The first-order valence-electron chi connectivity index (χ1n) is 3.29. The molecule has 1 heteroatoms. The molecule has 0 aliphatic rings. The lowest BCUT2D eigenvalue weighted by Gasteiger charge is -2.33. The molecule has 0 fully saturated rings. The molecule has 0 aliphatic carbocycles. The van der Waals surface area contributed by atoms with E-state index in [0.717, 1.165) is 5.70 Å². The maximum Gasteiger partial charge on any atom is 0.0805 e. The molecule has 0 amide bonds. The highest BCUT2D eigenvalue weighted by Crippen LogP contribution is 2.14. The van der Waals surface area contributed by atoms with Gasteiger partial charge in [0.05, 0.1) is 5.70 Å². The molecule has 0 saturated heterocycles. The predicted octanol–water partition coefficient (Wildman–Crippen LogP) is 1.86. The minimum Gasteiger partial charge on any atom is -0.363 e. The van der Waals surface area contributed by atoms with Crippen LogP contribution in [-0.2, 0) is 0 Å². The van der Waals surface area contributed by atoms with E-state index in [0.29, 0.717) is 0 Å². The Kier molecular flexibility index (Phi) is 2.54. The Morgan fingerprint density at radius 1 is 1.50 bits per heavy atom. The van der Waals surface area contributed by atoms with E-state index in [1.807, 2.05) is 11.9 Å². The number of rotatable bonds is 1. The summed E-state index contributed by atoms with van der Waals surface area (Å²) in [5.41, 5.74) is 0.802. The first-order chi connectivity index (χ1) is 4.39. The van der Waals surface area contributed by atoms with E-state index in [-0.39, 0.29) is 5.54 Å². The van der Waals surface area contributed by atoms with Crippen molar-refractivity contribution in [2.75, 3.05) is 7.05 Å². The fourth-order valence-electron chi connectivity index (χ4n) is 0.502. The monoisotopic (exact) mass is 137 g/mol. The Labute approximate surface area is 63.7 Å². The first-order valence-corrected chi connectivity index (χ1v) is 3.29. The van der Waals surface area contributed by atoms with Crippen molar-refractivity contribution in [1.82, 2.24) is 4.90 Å². The Balaban J connectivity index is 4.26. The largest absolute Gasteiger partial charge is 0.363 e. The average Bonchev–Trinajstić information content (AvgIpc) is 1.83. The third-order valence-electron chi connectivity index (χ3n) is 1.58. The lowest BCUT2D eigenvalue weighted by atomic mass is 10.1. The fraction of sp³-hybridized carbons (Fsp3) is 0.556. The van der Waals surface area contributed by atoms with Crippen LogP contribution in [0.2, 0.25) is 0 Å². The smallest absolute Gasteiger partial charge is 0.0805 e. The van der Waals surface area contributed by atoms with Crippen LogP contribution in [0.5, 0.6) is 0 Å². The summed E-state index contributed by atoms with van der Waals surface area (Å²) in [7, 11) is 1.95. The summed E-state index contributed by atoms with van der Waals surface area (Å²) in [5.74, 6) is 2.50. The van der Waals surface area contributed by atoms with E-state index < -0.39 is 0 Å². The van der Waals surface area contributed by atoms with Crippen LogP contribution in [0.4, 0.5) is 0 Å². The Hall–Kier alpha value is -0.900. The fourth-order valence-corrected chi connectivity index (χ4v) is 0.502. The summed E-state index contributed by atoms with van der Waals surface area (Å²) in [6.07, 6.45) is 5.18. The molecular formula is C9H15N. The van der Waals surface area contributed by atoms with Crippen molar-refractivity contribution in [3.05, 3.63) is 12.3 Å². The summed E-state index contributed by atoms with van der Waals surface area (Å²) in [5, 5.41) is 0. The standard InChI is InChI=1S/C9H15N/c1-7-8(2)10(6)9(3,4)5/h1H,2H2,3-6H3. The predicted molar refractivity (Wildman–Crippen MR) is 45.5 cm³/mol. The van der Waals surface area contributed by atoms with Gasteiger partial charge in [-0.15, -0.1) is 6.42 Å². The van der Waals surface area contributed by atoms with Crippen molar-refractivity contribution in [1.29, 1.82) is 0 Å². The van der Waals surface area contributed by atoms with Crippen LogP contribution < -0.4 is 0 Å². The first kappa shape index (κ1) is 9.10. The van der Waals surface area contributed by atoms with Crippen molar-refractivity contribution in [2.24, 2.45) is 0 Å². The molecular weight excluding hydrogens is 122 g/mol. The number of hydrogen-bond acceptors (Lipinski definition) is 1. The molecule has 0 atom stereocenters. The molecule has 0 aromatic rings. The van der Waals surface area contributed by atoms with Crippen LogP contribution >= 0.6 is 0 Å². The summed E-state index contributed by atoms with van der Waals surface area (Å²) in [6, 6.07) is 0. The van der Waals surface area contributed by atoms with Gasteiger partial charge >= 0.3 is 0 Å². The van der Waals surface area contributed by atoms with Gasteiger partial charge in [0, 0.05) is 12.6 Å². The Morgan fingerprint density at radius 3 is 2.00 bits per heavy atom.